The highest BCUT2D eigenvalue weighted by molar-refractivity contribution is 5.94. The number of amides is 1. The maximum Gasteiger partial charge on any atom is 0.280 e. The lowest BCUT2D eigenvalue weighted by Crippen LogP contribution is -2.39. The highest BCUT2D eigenvalue weighted by atomic mass is 19.1. The molecule has 1 fully saturated rings. The summed E-state index contributed by atoms with van der Waals surface area (Å²) in [6, 6.07) is 4.75. The molecular formula is C20H23FN6O2. The summed E-state index contributed by atoms with van der Waals surface area (Å²) < 4.78 is 20.8. The number of piperidine rings is 1. The van der Waals surface area contributed by atoms with Crippen LogP contribution in [0.15, 0.2) is 28.9 Å². The average Bonchev–Trinajstić information content (AvgIpc) is 3.40. The predicted molar refractivity (Wildman–Crippen MR) is 103 cm³/mol. The predicted octanol–water partition coefficient (Wildman–Crippen LogP) is 3.21. The molecule has 0 aliphatic carbocycles. The number of halogens is 1. The molecule has 1 aliphatic heterocycles. The summed E-state index contributed by atoms with van der Waals surface area (Å²) in [4.78, 5) is 18.7. The van der Waals surface area contributed by atoms with Gasteiger partial charge in [0.15, 0.2) is 11.5 Å². The SMILES string of the molecule is CCCc1noc(-c2cn(C3CCN(C(=O)c4ccc(C)c(F)c4)CC3)nn2)n1. The van der Waals surface area contributed by atoms with Crippen molar-refractivity contribution >= 4 is 5.91 Å². The van der Waals surface area contributed by atoms with Crippen molar-refractivity contribution in [3.63, 3.8) is 0 Å². The minimum Gasteiger partial charge on any atom is -0.338 e. The molecule has 8 nitrogen and oxygen atoms in total. The molecule has 0 unspecified atom stereocenters. The Morgan fingerprint density at radius 1 is 1.31 bits per heavy atom. The summed E-state index contributed by atoms with van der Waals surface area (Å²) in [5.41, 5.74) is 1.47. The van der Waals surface area contributed by atoms with E-state index in [-0.39, 0.29) is 17.8 Å². The Hall–Kier alpha value is -3.10. The van der Waals surface area contributed by atoms with Gasteiger partial charge in [0.05, 0.1) is 12.2 Å². The fraction of sp³-hybridized carbons (Fsp3) is 0.450. The number of likely N-dealkylation sites (tertiary alicyclic amines) is 1. The molecule has 4 rings (SSSR count). The number of carbonyl (C=O) groups excluding carboxylic acids is 1. The molecule has 0 spiro atoms. The number of nitrogens with zero attached hydrogens (tertiary/aromatic N) is 6. The molecule has 1 saturated heterocycles. The zero-order valence-electron chi connectivity index (χ0n) is 16.5. The molecular weight excluding hydrogens is 375 g/mol. The van der Waals surface area contributed by atoms with E-state index in [4.69, 9.17) is 4.52 Å². The minimum atomic E-state index is -0.357. The van der Waals surface area contributed by atoms with Gasteiger partial charge in [0.1, 0.15) is 5.82 Å². The fourth-order valence-electron chi connectivity index (χ4n) is 3.48. The van der Waals surface area contributed by atoms with Crippen molar-refractivity contribution in [1.82, 2.24) is 30.0 Å². The molecule has 1 amide bonds. The Labute approximate surface area is 167 Å². The van der Waals surface area contributed by atoms with Gasteiger partial charge in [-0.2, -0.15) is 4.98 Å². The molecule has 3 aromatic rings. The van der Waals surface area contributed by atoms with E-state index < -0.39 is 0 Å². The Morgan fingerprint density at radius 3 is 2.83 bits per heavy atom. The van der Waals surface area contributed by atoms with Gasteiger partial charge in [-0.1, -0.05) is 23.4 Å². The summed E-state index contributed by atoms with van der Waals surface area (Å²) in [5.74, 6) is 0.532. The van der Waals surface area contributed by atoms with Gasteiger partial charge in [0.25, 0.3) is 11.8 Å². The summed E-state index contributed by atoms with van der Waals surface area (Å²) in [6.45, 7) is 4.89. The molecule has 0 bridgehead atoms. The molecule has 3 heterocycles. The highest BCUT2D eigenvalue weighted by Crippen LogP contribution is 2.25. The molecule has 0 atom stereocenters. The zero-order chi connectivity index (χ0) is 20.4. The van der Waals surface area contributed by atoms with E-state index in [0.717, 1.165) is 25.7 Å². The van der Waals surface area contributed by atoms with Crippen LogP contribution in [-0.4, -0.2) is 49.0 Å². The smallest absolute Gasteiger partial charge is 0.280 e. The summed E-state index contributed by atoms with van der Waals surface area (Å²) >= 11 is 0. The number of carbonyl (C=O) groups is 1. The molecule has 1 aliphatic rings. The van der Waals surface area contributed by atoms with Gasteiger partial charge in [0, 0.05) is 25.1 Å². The van der Waals surface area contributed by atoms with Gasteiger partial charge < -0.3 is 9.42 Å². The zero-order valence-corrected chi connectivity index (χ0v) is 16.5. The van der Waals surface area contributed by atoms with Crippen LogP contribution in [0.4, 0.5) is 4.39 Å². The maximum atomic E-state index is 13.8. The molecule has 152 valence electrons. The average molecular weight is 398 g/mol. The third-order valence-corrected chi connectivity index (χ3v) is 5.22. The first-order valence-electron chi connectivity index (χ1n) is 9.85. The summed E-state index contributed by atoms with van der Waals surface area (Å²) in [7, 11) is 0. The van der Waals surface area contributed by atoms with Crippen LogP contribution in [0.25, 0.3) is 11.6 Å². The molecule has 2 aromatic heterocycles. The van der Waals surface area contributed by atoms with E-state index in [1.165, 1.54) is 6.07 Å². The van der Waals surface area contributed by atoms with Gasteiger partial charge in [-0.3, -0.25) is 4.79 Å². The van der Waals surface area contributed by atoms with Gasteiger partial charge in [-0.05, 0) is 43.9 Å². The number of hydrogen-bond donors (Lipinski definition) is 0. The Bertz CT molecular complexity index is 1010. The number of benzene rings is 1. The topological polar surface area (TPSA) is 89.9 Å². The molecule has 9 heteroatoms. The third-order valence-electron chi connectivity index (χ3n) is 5.22. The van der Waals surface area contributed by atoms with Crippen molar-refractivity contribution in [1.29, 1.82) is 0 Å². The second-order valence-electron chi connectivity index (χ2n) is 7.34. The molecule has 0 N–H and O–H groups in total. The number of aromatic nitrogens is 5. The van der Waals surface area contributed by atoms with Crippen molar-refractivity contribution in [3.05, 3.63) is 47.2 Å². The van der Waals surface area contributed by atoms with E-state index in [0.29, 0.717) is 41.6 Å². The normalized spacial score (nSPS) is 15.1. The number of rotatable bonds is 5. The van der Waals surface area contributed by atoms with Crippen molar-refractivity contribution in [2.45, 2.75) is 45.6 Å². The van der Waals surface area contributed by atoms with Crippen LogP contribution >= 0.6 is 0 Å². The van der Waals surface area contributed by atoms with Crippen molar-refractivity contribution in [3.8, 4) is 11.6 Å². The Balaban J connectivity index is 1.38. The van der Waals surface area contributed by atoms with E-state index >= 15 is 0 Å². The van der Waals surface area contributed by atoms with Crippen LogP contribution < -0.4 is 0 Å². The van der Waals surface area contributed by atoms with Crippen LogP contribution in [0.2, 0.25) is 0 Å². The van der Waals surface area contributed by atoms with Gasteiger partial charge in [-0.25, -0.2) is 9.07 Å². The maximum absolute atomic E-state index is 13.8. The third kappa shape index (κ3) is 4.03. The second kappa shape index (κ2) is 8.10. The summed E-state index contributed by atoms with van der Waals surface area (Å²) in [6.07, 6.45) is 5.00. The van der Waals surface area contributed by atoms with E-state index in [1.54, 1.807) is 34.8 Å². The fourth-order valence-corrected chi connectivity index (χ4v) is 3.48. The minimum absolute atomic E-state index is 0.132. The molecule has 29 heavy (non-hydrogen) atoms. The first kappa shape index (κ1) is 19.2. The lowest BCUT2D eigenvalue weighted by Gasteiger charge is -2.31. The van der Waals surface area contributed by atoms with Crippen molar-refractivity contribution in [2.75, 3.05) is 13.1 Å². The lowest BCUT2D eigenvalue weighted by atomic mass is 10.0. The van der Waals surface area contributed by atoms with Crippen LogP contribution in [0.5, 0.6) is 0 Å². The van der Waals surface area contributed by atoms with Crippen LogP contribution in [0.3, 0.4) is 0 Å². The van der Waals surface area contributed by atoms with Crippen molar-refractivity contribution < 1.29 is 13.7 Å². The molecule has 0 radical (unpaired) electrons. The van der Waals surface area contributed by atoms with Gasteiger partial charge >= 0.3 is 0 Å². The van der Waals surface area contributed by atoms with Crippen LogP contribution in [0.1, 0.15) is 54.0 Å². The van der Waals surface area contributed by atoms with E-state index in [9.17, 15) is 9.18 Å². The van der Waals surface area contributed by atoms with E-state index in [2.05, 4.69) is 27.4 Å². The number of aryl methyl sites for hydroxylation is 2. The first-order valence-corrected chi connectivity index (χ1v) is 9.85. The summed E-state index contributed by atoms with van der Waals surface area (Å²) in [5, 5.41) is 12.3. The van der Waals surface area contributed by atoms with Gasteiger partial charge in [-0.15, -0.1) is 5.10 Å². The lowest BCUT2D eigenvalue weighted by molar-refractivity contribution is 0.0688. The standard InChI is InChI=1S/C20H23FN6O2/c1-3-4-18-22-19(29-24-18)17-12-27(25-23-17)15-7-9-26(10-8-15)20(28)14-6-5-13(2)16(21)11-14/h5-6,11-12,15H,3-4,7-10H2,1-2H3. The highest BCUT2D eigenvalue weighted by Gasteiger charge is 2.26. The van der Waals surface area contributed by atoms with E-state index in [1.807, 2.05) is 0 Å². The largest absolute Gasteiger partial charge is 0.338 e. The Kier molecular flexibility index (Phi) is 5.37. The molecule has 0 saturated carbocycles. The molecule has 1 aromatic carbocycles. The quantitative estimate of drug-likeness (QED) is 0.656. The Morgan fingerprint density at radius 2 is 2.10 bits per heavy atom. The number of hydrogen-bond acceptors (Lipinski definition) is 6. The van der Waals surface area contributed by atoms with Crippen molar-refractivity contribution in [2.24, 2.45) is 0 Å². The van der Waals surface area contributed by atoms with Gasteiger partial charge in [0.2, 0.25) is 0 Å². The second-order valence-corrected chi connectivity index (χ2v) is 7.34. The first-order chi connectivity index (χ1) is 14.0. The van der Waals surface area contributed by atoms with Crippen LogP contribution in [0, 0.1) is 12.7 Å². The van der Waals surface area contributed by atoms with Crippen LogP contribution in [-0.2, 0) is 6.42 Å². The monoisotopic (exact) mass is 398 g/mol.